The van der Waals surface area contributed by atoms with E-state index in [0.717, 1.165) is 32.8 Å². The van der Waals surface area contributed by atoms with E-state index in [1.807, 2.05) is 11.3 Å². The van der Waals surface area contributed by atoms with E-state index in [2.05, 4.69) is 23.3 Å². The van der Waals surface area contributed by atoms with Crippen molar-refractivity contribution in [3.05, 3.63) is 21.9 Å². The van der Waals surface area contributed by atoms with Crippen LogP contribution < -0.4 is 0 Å². The molecule has 1 N–H and O–H groups in total. The zero-order chi connectivity index (χ0) is 22.5. The smallest absolute Gasteiger partial charge is 0.475 e. The Kier molecular flexibility index (Phi) is 8.26. The molecule has 0 aliphatic carbocycles. The molecule has 0 unspecified atom stereocenters. The number of fused-ring (bicyclic) bond motifs is 1. The van der Waals surface area contributed by atoms with Crippen molar-refractivity contribution in [2.45, 2.75) is 19.6 Å². The number of nitrogens with zero attached hydrogens (tertiary/aromatic N) is 2. The maximum Gasteiger partial charge on any atom is 0.490 e. The summed E-state index contributed by atoms with van der Waals surface area (Å²) in [5, 5.41) is 9.29. The standard InChI is InChI=1S/C17H26N2O3S.C2HF3O2/c1-13-4-5-23-15(13)7-19-6-14-8-21-11-17(14,10-19)12-22-9-16(20)18(2)3;3-2(4,5)1(6)7/h4-5,14H,6-12H2,1-3H3;(H,6,7)/t14-,17+;/m1./s1. The molecule has 0 spiro atoms. The lowest BCUT2D eigenvalue weighted by molar-refractivity contribution is -0.192. The number of halogens is 3. The Balaban J connectivity index is 0.000000396. The summed E-state index contributed by atoms with van der Waals surface area (Å²) in [6, 6.07) is 2.19. The minimum absolute atomic E-state index is 0.0147. The van der Waals surface area contributed by atoms with Gasteiger partial charge in [0.2, 0.25) is 5.91 Å². The number of hydrogen-bond donors (Lipinski definition) is 1. The fourth-order valence-corrected chi connectivity index (χ4v) is 4.45. The van der Waals surface area contributed by atoms with Crippen LogP contribution in [-0.2, 0) is 25.6 Å². The van der Waals surface area contributed by atoms with Crippen molar-refractivity contribution in [2.24, 2.45) is 11.3 Å². The van der Waals surface area contributed by atoms with Crippen LogP contribution in [-0.4, -0.2) is 86.6 Å². The van der Waals surface area contributed by atoms with Gasteiger partial charge in [-0.3, -0.25) is 9.69 Å². The Labute approximate surface area is 177 Å². The fraction of sp³-hybridized carbons (Fsp3) is 0.684. The van der Waals surface area contributed by atoms with Crippen molar-refractivity contribution in [1.29, 1.82) is 0 Å². The fourth-order valence-electron chi connectivity index (χ4n) is 3.51. The van der Waals surface area contributed by atoms with Gasteiger partial charge in [0.1, 0.15) is 6.61 Å². The molecule has 2 saturated heterocycles. The van der Waals surface area contributed by atoms with Crippen LogP contribution in [0.2, 0.25) is 0 Å². The molecular formula is C19H27F3N2O5S. The third kappa shape index (κ3) is 6.40. The number of aliphatic carboxylic acids is 1. The van der Waals surface area contributed by atoms with Crippen LogP contribution in [0.5, 0.6) is 0 Å². The molecule has 2 atom stereocenters. The average Bonchev–Trinajstić information content (AvgIpc) is 3.29. The van der Waals surface area contributed by atoms with Crippen molar-refractivity contribution < 1.29 is 37.3 Å². The molecule has 2 fully saturated rings. The zero-order valence-electron chi connectivity index (χ0n) is 17.2. The summed E-state index contributed by atoms with van der Waals surface area (Å²) in [4.78, 5) is 26.1. The van der Waals surface area contributed by atoms with Gasteiger partial charge in [0.05, 0.1) is 19.8 Å². The van der Waals surface area contributed by atoms with E-state index in [4.69, 9.17) is 19.4 Å². The molecule has 7 nitrogen and oxygen atoms in total. The number of carboxylic acids is 1. The Hall–Kier alpha value is -1.69. The molecule has 1 amide bonds. The molecule has 1 aromatic heterocycles. The molecule has 3 heterocycles. The van der Waals surface area contributed by atoms with Crippen LogP contribution in [0.3, 0.4) is 0 Å². The van der Waals surface area contributed by atoms with Crippen molar-refractivity contribution in [1.82, 2.24) is 9.80 Å². The number of carbonyl (C=O) groups is 2. The van der Waals surface area contributed by atoms with Crippen molar-refractivity contribution >= 4 is 23.2 Å². The van der Waals surface area contributed by atoms with E-state index < -0.39 is 12.1 Å². The monoisotopic (exact) mass is 452 g/mol. The number of alkyl halides is 3. The Morgan fingerprint density at radius 1 is 1.43 bits per heavy atom. The molecule has 2 aliphatic rings. The normalized spacial score (nSPS) is 23.6. The van der Waals surface area contributed by atoms with Crippen molar-refractivity contribution in [2.75, 3.05) is 53.6 Å². The maximum atomic E-state index is 11.7. The minimum atomic E-state index is -5.08. The van der Waals surface area contributed by atoms with Gasteiger partial charge in [-0.1, -0.05) is 0 Å². The van der Waals surface area contributed by atoms with Gasteiger partial charge in [-0.15, -0.1) is 11.3 Å². The number of carbonyl (C=O) groups excluding carboxylic acids is 1. The van der Waals surface area contributed by atoms with Gasteiger partial charge in [-0.2, -0.15) is 13.2 Å². The highest BCUT2D eigenvalue weighted by atomic mass is 32.1. The average molecular weight is 452 g/mol. The molecule has 1 aromatic rings. The highest BCUT2D eigenvalue weighted by molar-refractivity contribution is 7.10. The molecule has 3 rings (SSSR count). The van der Waals surface area contributed by atoms with E-state index in [1.165, 1.54) is 10.4 Å². The number of likely N-dealkylation sites (N-methyl/N-ethyl adjacent to an activating group) is 1. The second kappa shape index (κ2) is 10.1. The second-order valence-electron chi connectivity index (χ2n) is 7.85. The van der Waals surface area contributed by atoms with Crippen LogP contribution >= 0.6 is 11.3 Å². The first kappa shape index (κ1) is 24.6. The number of carboxylic acid groups (broad SMARTS) is 1. The highest BCUT2D eigenvalue weighted by Crippen LogP contribution is 2.42. The Bertz CT molecular complexity index is 740. The Morgan fingerprint density at radius 3 is 2.63 bits per heavy atom. The largest absolute Gasteiger partial charge is 0.490 e. The lowest BCUT2D eigenvalue weighted by Crippen LogP contribution is -2.37. The molecular weight excluding hydrogens is 425 g/mol. The van der Waals surface area contributed by atoms with E-state index in [1.54, 1.807) is 19.0 Å². The second-order valence-corrected chi connectivity index (χ2v) is 8.86. The van der Waals surface area contributed by atoms with Gasteiger partial charge in [0.25, 0.3) is 0 Å². The molecule has 0 bridgehead atoms. The van der Waals surface area contributed by atoms with Crippen LogP contribution in [0.25, 0.3) is 0 Å². The number of hydrogen-bond acceptors (Lipinski definition) is 6. The molecule has 170 valence electrons. The van der Waals surface area contributed by atoms with Gasteiger partial charge < -0.3 is 19.5 Å². The first-order valence-corrected chi connectivity index (χ1v) is 10.2. The number of aryl methyl sites for hydroxylation is 1. The van der Waals surface area contributed by atoms with E-state index >= 15 is 0 Å². The van der Waals surface area contributed by atoms with Crippen LogP contribution in [0, 0.1) is 18.3 Å². The molecule has 30 heavy (non-hydrogen) atoms. The van der Waals surface area contributed by atoms with Crippen LogP contribution in [0.4, 0.5) is 13.2 Å². The summed E-state index contributed by atoms with van der Waals surface area (Å²) in [5.41, 5.74) is 1.43. The predicted octanol–water partition coefficient (Wildman–Crippen LogP) is 2.24. The molecule has 11 heteroatoms. The van der Waals surface area contributed by atoms with Gasteiger partial charge in [-0.25, -0.2) is 4.79 Å². The third-order valence-electron chi connectivity index (χ3n) is 5.28. The maximum absolute atomic E-state index is 11.7. The Morgan fingerprint density at radius 2 is 2.10 bits per heavy atom. The number of ether oxygens (including phenoxy) is 2. The third-order valence-corrected chi connectivity index (χ3v) is 6.29. The summed E-state index contributed by atoms with van der Waals surface area (Å²) >= 11 is 1.83. The van der Waals surface area contributed by atoms with Gasteiger partial charge >= 0.3 is 12.1 Å². The lowest BCUT2D eigenvalue weighted by Gasteiger charge is -2.27. The van der Waals surface area contributed by atoms with Gasteiger partial charge in [-0.05, 0) is 23.9 Å². The number of amides is 1. The summed E-state index contributed by atoms with van der Waals surface area (Å²) < 4.78 is 43.2. The number of thiophene rings is 1. The minimum Gasteiger partial charge on any atom is -0.475 e. The molecule has 0 saturated carbocycles. The van der Waals surface area contributed by atoms with E-state index in [-0.39, 0.29) is 17.9 Å². The van der Waals surface area contributed by atoms with Crippen molar-refractivity contribution in [3.8, 4) is 0 Å². The van der Waals surface area contributed by atoms with Gasteiger partial charge in [0, 0.05) is 49.9 Å². The SMILES string of the molecule is Cc1ccsc1CN1C[C@@H]2COC[C@]2(COCC(=O)N(C)C)C1.O=C(O)C(F)(F)F. The first-order valence-electron chi connectivity index (χ1n) is 9.35. The summed E-state index contributed by atoms with van der Waals surface area (Å²) in [6.07, 6.45) is -5.08. The topological polar surface area (TPSA) is 79.3 Å². The molecule has 0 aromatic carbocycles. The van der Waals surface area contributed by atoms with Gasteiger partial charge in [0.15, 0.2) is 0 Å². The number of rotatable bonds is 6. The predicted molar refractivity (Wildman–Crippen MR) is 104 cm³/mol. The molecule has 2 aliphatic heterocycles. The molecule has 0 radical (unpaired) electrons. The number of likely N-dealkylation sites (tertiary alicyclic amines) is 1. The van der Waals surface area contributed by atoms with E-state index in [0.29, 0.717) is 12.5 Å². The highest BCUT2D eigenvalue weighted by Gasteiger charge is 2.50. The lowest BCUT2D eigenvalue weighted by atomic mass is 9.82. The first-order chi connectivity index (χ1) is 13.9. The van der Waals surface area contributed by atoms with E-state index in [9.17, 15) is 18.0 Å². The summed E-state index contributed by atoms with van der Waals surface area (Å²) in [6.45, 7) is 7.56. The van der Waals surface area contributed by atoms with Crippen LogP contribution in [0.1, 0.15) is 10.4 Å². The summed E-state index contributed by atoms with van der Waals surface area (Å²) in [5.74, 6) is -2.23. The van der Waals surface area contributed by atoms with Crippen molar-refractivity contribution in [3.63, 3.8) is 0 Å². The van der Waals surface area contributed by atoms with Crippen LogP contribution in [0.15, 0.2) is 11.4 Å². The zero-order valence-corrected chi connectivity index (χ0v) is 18.0. The summed E-state index contributed by atoms with van der Waals surface area (Å²) in [7, 11) is 3.51. The quantitative estimate of drug-likeness (QED) is 0.713.